The lowest BCUT2D eigenvalue weighted by atomic mass is 9.96. The smallest absolute Gasteiger partial charge is 0.287 e. The summed E-state index contributed by atoms with van der Waals surface area (Å²) in [5.74, 6) is 6.60. The largest absolute Gasteiger partial charge is 0.336 e. The van der Waals surface area contributed by atoms with E-state index in [9.17, 15) is 10.1 Å². The first-order chi connectivity index (χ1) is 9.29. The van der Waals surface area contributed by atoms with Gasteiger partial charge in [0.25, 0.3) is 5.69 Å². The van der Waals surface area contributed by atoms with Crippen molar-refractivity contribution in [3.05, 3.63) is 34.3 Å². The Morgan fingerprint density at radius 2 is 2.05 bits per heavy atom. The highest BCUT2D eigenvalue weighted by molar-refractivity contribution is 7.99. The van der Waals surface area contributed by atoms with E-state index in [1.807, 2.05) is 20.8 Å². The second kappa shape index (κ2) is 5.08. The highest BCUT2D eigenvalue weighted by Gasteiger charge is 2.23. The summed E-state index contributed by atoms with van der Waals surface area (Å²) in [5.41, 5.74) is -0.275. The minimum atomic E-state index is -0.495. The van der Waals surface area contributed by atoms with Crippen LogP contribution in [-0.2, 0) is 5.41 Å². The molecule has 0 fully saturated rings. The molecule has 0 amide bonds. The lowest BCUT2D eigenvalue weighted by Gasteiger charge is -2.16. The minimum absolute atomic E-state index is 0.0565. The van der Waals surface area contributed by atoms with Crippen LogP contribution < -0.4 is 5.84 Å². The number of nitro groups is 1. The van der Waals surface area contributed by atoms with Crippen LogP contribution in [0.2, 0.25) is 0 Å². The Hall–Kier alpha value is -2.16. The minimum Gasteiger partial charge on any atom is -0.336 e. The van der Waals surface area contributed by atoms with Crippen molar-refractivity contribution in [1.29, 1.82) is 0 Å². The maximum absolute atomic E-state index is 10.6. The van der Waals surface area contributed by atoms with E-state index in [2.05, 4.69) is 15.2 Å². The number of rotatable bonds is 3. The molecule has 0 aromatic carbocycles. The van der Waals surface area contributed by atoms with E-state index in [0.29, 0.717) is 16.0 Å². The van der Waals surface area contributed by atoms with Gasteiger partial charge in [-0.2, -0.15) is 0 Å². The van der Waals surface area contributed by atoms with Gasteiger partial charge < -0.3 is 5.84 Å². The molecule has 2 heterocycles. The molecular formula is C11H14N6O2S. The van der Waals surface area contributed by atoms with Crippen molar-refractivity contribution in [3.63, 3.8) is 0 Å². The highest BCUT2D eigenvalue weighted by atomic mass is 32.2. The van der Waals surface area contributed by atoms with Gasteiger partial charge in [-0.05, 0) is 17.8 Å². The SMILES string of the molecule is CC(C)(C)c1nnc(Sc2ccc([N+](=O)[O-])cn2)n1N. The van der Waals surface area contributed by atoms with Gasteiger partial charge in [-0.3, -0.25) is 10.1 Å². The molecule has 0 radical (unpaired) electrons. The van der Waals surface area contributed by atoms with Crippen molar-refractivity contribution in [3.8, 4) is 0 Å². The summed E-state index contributed by atoms with van der Waals surface area (Å²) in [7, 11) is 0. The van der Waals surface area contributed by atoms with Gasteiger partial charge in [0.05, 0.1) is 4.92 Å². The van der Waals surface area contributed by atoms with E-state index in [4.69, 9.17) is 5.84 Å². The number of hydrogen-bond acceptors (Lipinski definition) is 7. The normalized spacial score (nSPS) is 11.6. The Morgan fingerprint density at radius 1 is 1.35 bits per heavy atom. The molecular weight excluding hydrogens is 280 g/mol. The van der Waals surface area contributed by atoms with Gasteiger partial charge in [-0.1, -0.05) is 20.8 Å². The van der Waals surface area contributed by atoms with Gasteiger partial charge in [0.1, 0.15) is 11.2 Å². The zero-order valence-electron chi connectivity index (χ0n) is 11.3. The summed E-state index contributed by atoms with van der Waals surface area (Å²) in [6.07, 6.45) is 1.20. The molecule has 0 aliphatic heterocycles. The van der Waals surface area contributed by atoms with Gasteiger partial charge in [0.15, 0.2) is 5.82 Å². The monoisotopic (exact) mass is 294 g/mol. The van der Waals surface area contributed by atoms with Crippen LogP contribution >= 0.6 is 11.8 Å². The molecule has 2 aromatic heterocycles. The van der Waals surface area contributed by atoms with Crippen LogP contribution in [0.25, 0.3) is 0 Å². The van der Waals surface area contributed by atoms with Gasteiger partial charge in [0, 0.05) is 11.5 Å². The lowest BCUT2D eigenvalue weighted by molar-refractivity contribution is -0.385. The Labute approximate surface area is 119 Å². The summed E-state index contributed by atoms with van der Waals surface area (Å²) in [5, 5.41) is 19.7. The Morgan fingerprint density at radius 3 is 2.50 bits per heavy atom. The standard InChI is InChI=1S/C11H14N6O2S/c1-11(2,3)9-14-15-10(16(9)12)20-8-5-4-7(6-13-8)17(18)19/h4-6H,12H2,1-3H3. The van der Waals surface area contributed by atoms with Crippen LogP contribution in [0.1, 0.15) is 26.6 Å². The van der Waals surface area contributed by atoms with E-state index < -0.39 is 4.92 Å². The van der Waals surface area contributed by atoms with Crippen LogP contribution in [0.15, 0.2) is 28.5 Å². The molecule has 8 nitrogen and oxygen atoms in total. The number of aromatic nitrogens is 4. The lowest BCUT2D eigenvalue weighted by Crippen LogP contribution is -2.24. The van der Waals surface area contributed by atoms with Gasteiger partial charge >= 0.3 is 0 Å². The topological polar surface area (TPSA) is 113 Å². The third-order valence-electron chi connectivity index (χ3n) is 2.46. The Balaban J connectivity index is 2.22. The van der Waals surface area contributed by atoms with E-state index >= 15 is 0 Å². The number of nitrogens with two attached hydrogens (primary N) is 1. The average Bonchev–Trinajstić information content (AvgIpc) is 2.71. The molecule has 0 unspecified atom stereocenters. The fourth-order valence-electron chi connectivity index (χ4n) is 1.49. The maximum Gasteiger partial charge on any atom is 0.287 e. The molecule has 0 bridgehead atoms. The predicted octanol–water partition coefficient (Wildman–Crippen LogP) is 1.74. The van der Waals surface area contributed by atoms with Crippen molar-refractivity contribution in [2.24, 2.45) is 0 Å². The molecule has 2 N–H and O–H groups in total. The molecule has 2 rings (SSSR count). The molecule has 106 valence electrons. The molecule has 9 heteroatoms. The maximum atomic E-state index is 10.6. The number of nitrogens with zero attached hydrogens (tertiary/aromatic N) is 5. The Kier molecular flexibility index (Phi) is 3.62. The third-order valence-corrected chi connectivity index (χ3v) is 3.37. The van der Waals surface area contributed by atoms with E-state index in [-0.39, 0.29) is 11.1 Å². The molecule has 2 aromatic rings. The fraction of sp³-hybridized carbons (Fsp3) is 0.364. The number of hydrogen-bond donors (Lipinski definition) is 1. The van der Waals surface area contributed by atoms with Crippen molar-refractivity contribution < 1.29 is 4.92 Å². The fourth-order valence-corrected chi connectivity index (χ4v) is 2.19. The number of nitrogen functional groups attached to an aromatic ring is 1. The summed E-state index contributed by atoms with van der Waals surface area (Å²) >= 11 is 1.20. The zero-order valence-corrected chi connectivity index (χ0v) is 12.1. The Bertz CT molecular complexity index is 631. The second-order valence-electron chi connectivity index (χ2n) is 5.14. The molecule has 0 saturated carbocycles. The summed E-state index contributed by atoms with van der Waals surface area (Å²) in [4.78, 5) is 14.0. The molecule has 20 heavy (non-hydrogen) atoms. The van der Waals surface area contributed by atoms with Crippen molar-refractivity contribution in [2.45, 2.75) is 36.4 Å². The quantitative estimate of drug-likeness (QED) is 0.521. The zero-order chi connectivity index (χ0) is 14.9. The second-order valence-corrected chi connectivity index (χ2v) is 6.13. The highest BCUT2D eigenvalue weighted by Crippen LogP contribution is 2.27. The van der Waals surface area contributed by atoms with Gasteiger partial charge in [-0.25, -0.2) is 9.66 Å². The van der Waals surface area contributed by atoms with Crippen LogP contribution in [0.4, 0.5) is 5.69 Å². The van der Waals surface area contributed by atoms with Crippen LogP contribution in [-0.4, -0.2) is 24.8 Å². The first-order valence-corrected chi connectivity index (χ1v) is 6.60. The summed E-state index contributed by atoms with van der Waals surface area (Å²) < 4.78 is 1.41. The van der Waals surface area contributed by atoms with E-state index in [0.717, 1.165) is 0 Å². The molecule has 0 spiro atoms. The predicted molar refractivity (Wildman–Crippen MR) is 73.9 cm³/mol. The van der Waals surface area contributed by atoms with Gasteiger partial charge in [-0.15, -0.1) is 10.2 Å². The van der Waals surface area contributed by atoms with Crippen molar-refractivity contribution in [2.75, 3.05) is 5.84 Å². The first-order valence-electron chi connectivity index (χ1n) is 5.78. The first kappa shape index (κ1) is 14.3. The number of pyridine rings is 1. The molecule has 0 atom stereocenters. The molecule has 0 aliphatic carbocycles. The third kappa shape index (κ3) is 2.87. The summed E-state index contributed by atoms with van der Waals surface area (Å²) in [6.45, 7) is 5.96. The van der Waals surface area contributed by atoms with Crippen molar-refractivity contribution in [1.82, 2.24) is 19.9 Å². The van der Waals surface area contributed by atoms with Crippen LogP contribution in [0.5, 0.6) is 0 Å². The average molecular weight is 294 g/mol. The van der Waals surface area contributed by atoms with Crippen LogP contribution in [0.3, 0.4) is 0 Å². The summed E-state index contributed by atoms with van der Waals surface area (Å²) in [6, 6.07) is 2.94. The molecule has 0 saturated heterocycles. The van der Waals surface area contributed by atoms with Crippen LogP contribution in [0, 0.1) is 10.1 Å². The van der Waals surface area contributed by atoms with E-state index in [1.165, 1.54) is 28.7 Å². The van der Waals surface area contributed by atoms with E-state index in [1.54, 1.807) is 6.07 Å². The van der Waals surface area contributed by atoms with Crippen molar-refractivity contribution >= 4 is 17.4 Å². The molecule has 0 aliphatic rings. The van der Waals surface area contributed by atoms with Gasteiger partial charge in [0.2, 0.25) is 5.16 Å².